The van der Waals surface area contributed by atoms with Gasteiger partial charge in [-0.05, 0) is 143 Å². The third kappa shape index (κ3) is 9.98. The maximum absolute atomic E-state index is 12.8. The number of hydrogen-bond acceptors (Lipinski definition) is 4. The van der Waals surface area contributed by atoms with Crippen molar-refractivity contribution in [1.82, 2.24) is 14.5 Å². The normalized spacial score (nSPS) is 12.8. The molecule has 0 aliphatic heterocycles. The van der Waals surface area contributed by atoms with Crippen molar-refractivity contribution in [3.05, 3.63) is 204 Å². The molecule has 3 aromatic heterocycles. The van der Waals surface area contributed by atoms with E-state index in [2.05, 4.69) is 272 Å². The third-order valence-corrected chi connectivity index (χ3v) is 15.9. The molecule has 398 valence electrons. The highest BCUT2D eigenvalue weighted by Crippen LogP contribution is 2.48. The van der Waals surface area contributed by atoms with E-state index in [1.807, 2.05) is 12.3 Å². The molecule has 0 atom stereocenters. The fourth-order valence-electron chi connectivity index (χ4n) is 11.1. The molecule has 0 radical (unpaired) electrons. The van der Waals surface area contributed by atoms with Crippen molar-refractivity contribution in [2.45, 2.75) is 131 Å². The highest BCUT2D eigenvalue weighted by molar-refractivity contribution is 6.13. The summed E-state index contributed by atoms with van der Waals surface area (Å²) in [5.41, 5.74) is 20.4. The van der Waals surface area contributed by atoms with Crippen LogP contribution in [0, 0.1) is 0 Å². The van der Waals surface area contributed by atoms with Crippen LogP contribution in [0.1, 0.15) is 132 Å². The number of furan rings is 1. The van der Waals surface area contributed by atoms with E-state index >= 15 is 0 Å². The van der Waals surface area contributed by atoms with Crippen LogP contribution >= 0.6 is 0 Å². The molecule has 0 bridgehead atoms. The average Bonchev–Trinajstić information content (AvgIpc) is 4.19. The second-order valence-electron chi connectivity index (χ2n) is 27.0. The summed E-state index contributed by atoms with van der Waals surface area (Å²) >= 11 is 0. The monoisotopic (exact) mass is 1040 g/mol. The molecule has 79 heavy (non-hydrogen) atoms. The summed E-state index contributed by atoms with van der Waals surface area (Å²) in [7, 11) is 0. The van der Waals surface area contributed by atoms with E-state index < -0.39 is 0 Å². The second kappa shape index (κ2) is 19.1. The van der Waals surface area contributed by atoms with E-state index in [9.17, 15) is 5.11 Å². The summed E-state index contributed by atoms with van der Waals surface area (Å²) in [4.78, 5) is 10.9. The molecule has 0 spiro atoms. The number of pyridine rings is 1. The van der Waals surface area contributed by atoms with Gasteiger partial charge in [0.25, 0.3) is 0 Å². The molecule has 0 saturated carbocycles. The zero-order chi connectivity index (χ0) is 56.1. The lowest BCUT2D eigenvalue weighted by atomic mass is 9.79. The van der Waals surface area contributed by atoms with Crippen LogP contribution in [0.15, 0.2) is 180 Å². The van der Waals surface area contributed by atoms with E-state index in [0.29, 0.717) is 11.4 Å². The number of aromatic nitrogens is 3. The number of aromatic hydroxyl groups is 1. The van der Waals surface area contributed by atoms with Crippen molar-refractivity contribution in [3.8, 4) is 78.6 Å². The first kappa shape index (κ1) is 53.0. The Morgan fingerprint density at radius 3 is 1.65 bits per heavy atom. The molecular weight excluding hydrogens is 963 g/mol. The number of fused-ring (bicyclic) bond motifs is 4. The topological polar surface area (TPSA) is 64.1 Å². The van der Waals surface area contributed by atoms with Gasteiger partial charge in [0, 0.05) is 39.2 Å². The summed E-state index contributed by atoms with van der Waals surface area (Å²) in [5, 5.41) is 14.8. The highest BCUT2D eigenvalue weighted by atomic mass is 16.3. The Balaban J connectivity index is 1.22. The van der Waals surface area contributed by atoms with Crippen molar-refractivity contribution < 1.29 is 9.52 Å². The summed E-state index contributed by atoms with van der Waals surface area (Å²) < 4.78 is 9.44. The molecule has 0 aliphatic rings. The maximum Gasteiger partial charge on any atom is 0.149 e. The van der Waals surface area contributed by atoms with E-state index in [-0.39, 0.29) is 32.8 Å². The van der Waals surface area contributed by atoms with Gasteiger partial charge in [-0.2, -0.15) is 0 Å². The fourth-order valence-corrected chi connectivity index (χ4v) is 11.1. The minimum Gasteiger partial charge on any atom is -0.507 e. The highest BCUT2D eigenvalue weighted by Gasteiger charge is 2.31. The number of phenolic OH excluding ortho intramolecular Hbond substituents is 1. The number of phenols is 1. The van der Waals surface area contributed by atoms with Gasteiger partial charge in [-0.15, -0.1) is 0 Å². The summed E-state index contributed by atoms with van der Waals surface area (Å²) in [5.74, 6) is 0.908. The van der Waals surface area contributed by atoms with Crippen LogP contribution in [0.3, 0.4) is 0 Å². The predicted molar refractivity (Wildman–Crippen MR) is 334 cm³/mol. The molecule has 5 heteroatoms. The van der Waals surface area contributed by atoms with E-state index in [1.165, 1.54) is 22.3 Å². The Labute approximate surface area is 468 Å². The van der Waals surface area contributed by atoms with Crippen LogP contribution < -0.4 is 0 Å². The lowest BCUT2D eigenvalue weighted by Gasteiger charge is -2.28. The number of imidazole rings is 1. The molecule has 3 heterocycles. The van der Waals surface area contributed by atoms with Gasteiger partial charge in [-0.3, -0.25) is 9.55 Å². The first-order chi connectivity index (χ1) is 37.2. The fraction of sp³-hybridized carbons (Fsp3) is 0.270. The van der Waals surface area contributed by atoms with Crippen LogP contribution in [0.2, 0.25) is 0 Å². The number of benzene rings is 8. The summed E-state index contributed by atoms with van der Waals surface area (Å²) in [6.45, 7) is 33.7. The first-order valence-corrected chi connectivity index (χ1v) is 28.0. The first-order valence-electron chi connectivity index (χ1n) is 28.0. The van der Waals surface area contributed by atoms with Crippen LogP contribution in [-0.4, -0.2) is 19.6 Å². The molecule has 0 aliphatic carbocycles. The van der Waals surface area contributed by atoms with Gasteiger partial charge in [0.15, 0.2) is 0 Å². The Bertz CT molecular complexity index is 4110. The van der Waals surface area contributed by atoms with Gasteiger partial charge in [0.1, 0.15) is 22.7 Å². The van der Waals surface area contributed by atoms with Crippen molar-refractivity contribution in [3.63, 3.8) is 0 Å². The number of nitrogens with zero attached hydrogens (tertiary/aromatic N) is 3. The number of para-hydroxylation sites is 1. The Morgan fingerprint density at radius 2 is 1.01 bits per heavy atom. The molecular formula is C74H75N3O2. The standard InChI is InChI=1S/C74H75N3O2/c1-70(2,3)51-30-32-63(57(42-51)46-25-20-17-21-26-46)77-64-28-22-27-55(66(64)76-69(77)60-43-54(73(10,11)12)44-61(67(60)78)74(13,14)15)50-37-58-56-31-29-47(49-35-52(71(4,5)6)41-53(36-49)72(7,8)9)40-65(56)79-68(58)59(38-50)62-39-48(33-34-75-62)45-23-18-16-19-24-45/h16-44,78H,1-15H3. The Hall–Kier alpha value is -8.02. The number of hydrogen-bond donors (Lipinski definition) is 1. The lowest BCUT2D eigenvalue weighted by Crippen LogP contribution is -2.17. The summed E-state index contributed by atoms with van der Waals surface area (Å²) in [6, 6.07) is 61.4. The molecule has 11 aromatic rings. The predicted octanol–water partition coefficient (Wildman–Crippen LogP) is 20.5. The Kier molecular flexibility index (Phi) is 12.8. The van der Waals surface area contributed by atoms with Crippen molar-refractivity contribution in [2.75, 3.05) is 0 Å². The van der Waals surface area contributed by atoms with Gasteiger partial charge >= 0.3 is 0 Å². The maximum atomic E-state index is 12.8. The van der Waals surface area contributed by atoms with E-state index in [4.69, 9.17) is 14.4 Å². The smallest absolute Gasteiger partial charge is 0.149 e. The van der Waals surface area contributed by atoms with E-state index in [0.717, 1.165) is 100.0 Å². The molecule has 0 unspecified atom stereocenters. The minimum atomic E-state index is -0.358. The van der Waals surface area contributed by atoms with Crippen LogP contribution in [0.4, 0.5) is 0 Å². The molecule has 11 rings (SSSR count). The van der Waals surface area contributed by atoms with Crippen molar-refractivity contribution in [1.29, 1.82) is 0 Å². The van der Waals surface area contributed by atoms with Crippen LogP contribution in [0.5, 0.6) is 5.75 Å². The van der Waals surface area contributed by atoms with Crippen molar-refractivity contribution >= 4 is 33.0 Å². The zero-order valence-corrected chi connectivity index (χ0v) is 48.9. The zero-order valence-electron chi connectivity index (χ0n) is 48.9. The average molecular weight is 1040 g/mol. The molecule has 0 amide bonds. The SMILES string of the molecule is CC(C)(C)c1cc(-c2ccc3c(c2)oc2c(-c4cc(-c5ccccc5)ccn4)cc(-c4cccc5c4nc(-c4cc(C(C)(C)C)cc(C(C)(C)C)c4O)n5-c4ccc(C(C)(C)C)cc4-c4ccccc4)cc23)cc(C(C)(C)C)c1. The largest absolute Gasteiger partial charge is 0.507 e. The quantitative estimate of drug-likeness (QED) is 0.173. The Morgan fingerprint density at radius 1 is 0.405 bits per heavy atom. The minimum absolute atomic E-state index is 0.0290. The van der Waals surface area contributed by atoms with E-state index in [1.54, 1.807) is 0 Å². The molecule has 1 N–H and O–H groups in total. The molecule has 0 fully saturated rings. The summed E-state index contributed by atoms with van der Waals surface area (Å²) in [6.07, 6.45) is 1.90. The van der Waals surface area contributed by atoms with Gasteiger partial charge in [0.2, 0.25) is 0 Å². The van der Waals surface area contributed by atoms with Crippen molar-refractivity contribution in [2.24, 2.45) is 0 Å². The van der Waals surface area contributed by atoms with Gasteiger partial charge in [-0.1, -0.05) is 213 Å². The molecule has 0 saturated heterocycles. The van der Waals surface area contributed by atoms with Crippen LogP contribution in [0.25, 0.3) is 106 Å². The van der Waals surface area contributed by atoms with Crippen LogP contribution in [-0.2, 0) is 27.1 Å². The molecule has 5 nitrogen and oxygen atoms in total. The van der Waals surface area contributed by atoms with Gasteiger partial charge in [0.05, 0.1) is 28.0 Å². The third-order valence-electron chi connectivity index (χ3n) is 15.9. The van der Waals surface area contributed by atoms with Gasteiger partial charge < -0.3 is 9.52 Å². The lowest BCUT2D eigenvalue weighted by molar-refractivity contribution is 0.446. The molecule has 8 aromatic carbocycles. The second-order valence-corrected chi connectivity index (χ2v) is 27.0. The van der Waals surface area contributed by atoms with Gasteiger partial charge in [-0.25, -0.2) is 4.98 Å². The number of rotatable bonds is 7.